The summed E-state index contributed by atoms with van der Waals surface area (Å²) in [6.07, 6.45) is 0.541. The number of carboxylic acid groups (broad SMARTS) is 1. The van der Waals surface area contributed by atoms with Gasteiger partial charge in [0.05, 0.1) is 18.1 Å². The van der Waals surface area contributed by atoms with E-state index in [9.17, 15) is 18.3 Å². The highest BCUT2D eigenvalue weighted by Crippen LogP contribution is 2.19. The maximum Gasteiger partial charge on any atom is 0.306 e. The van der Waals surface area contributed by atoms with Gasteiger partial charge in [-0.05, 0) is 19.8 Å². The van der Waals surface area contributed by atoms with Gasteiger partial charge < -0.3 is 15.3 Å². The summed E-state index contributed by atoms with van der Waals surface area (Å²) in [7, 11) is -3.76. The highest BCUT2D eigenvalue weighted by Gasteiger charge is 2.32. The second kappa shape index (κ2) is 6.14. The van der Waals surface area contributed by atoms with Crippen molar-refractivity contribution >= 4 is 16.2 Å². The van der Waals surface area contributed by atoms with Crippen molar-refractivity contribution in [2.45, 2.75) is 25.4 Å². The predicted molar refractivity (Wildman–Crippen MR) is 66.6 cm³/mol. The van der Waals surface area contributed by atoms with Gasteiger partial charge in [0.15, 0.2) is 0 Å². The molecular formula is C10H20N2O6S. The molecule has 1 atom stereocenters. The van der Waals surface area contributed by atoms with Crippen molar-refractivity contribution in [1.29, 1.82) is 0 Å². The molecular weight excluding hydrogens is 276 g/mol. The second-order valence-electron chi connectivity index (χ2n) is 4.99. The minimum Gasteiger partial charge on any atom is -0.481 e. The number of nitrogens with one attached hydrogen (secondary N) is 1. The van der Waals surface area contributed by atoms with Gasteiger partial charge in [0.2, 0.25) is 0 Å². The molecule has 1 saturated heterocycles. The first-order valence-corrected chi connectivity index (χ1v) is 7.43. The van der Waals surface area contributed by atoms with Crippen molar-refractivity contribution < 1.29 is 28.5 Å². The molecule has 1 unspecified atom stereocenters. The van der Waals surface area contributed by atoms with Crippen molar-refractivity contribution in [2.24, 2.45) is 5.92 Å². The highest BCUT2D eigenvalue weighted by atomic mass is 32.2. The molecule has 0 aromatic heterocycles. The Hall–Kier alpha value is -0.740. The molecule has 0 aliphatic carbocycles. The molecule has 9 heteroatoms. The van der Waals surface area contributed by atoms with Gasteiger partial charge in [0, 0.05) is 19.6 Å². The molecule has 1 aliphatic heterocycles. The molecule has 0 aromatic rings. The number of nitrogens with zero attached hydrogens (tertiary/aromatic N) is 1. The molecule has 4 N–H and O–H groups in total. The van der Waals surface area contributed by atoms with Crippen LogP contribution in [0.5, 0.6) is 0 Å². The maximum absolute atomic E-state index is 11.9. The van der Waals surface area contributed by atoms with Crippen LogP contribution < -0.4 is 4.72 Å². The zero-order valence-corrected chi connectivity index (χ0v) is 11.6. The van der Waals surface area contributed by atoms with Crippen LogP contribution in [0.3, 0.4) is 0 Å². The second-order valence-corrected chi connectivity index (χ2v) is 6.75. The van der Waals surface area contributed by atoms with E-state index in [0.717, 1.165) is 4.31 Å². The number of carbonyl (C=O) groups is 1. The Bertz CT molecular complexity index is 414. The molecule has 0 amide bonds. The fraction of sp³-hybridized carbons (Fsp3) is 0.900. The first-order chi connectivity index (χ1) is 8.68. The van der Waals surface area contributed by atoms with E-state index in [-0.39, 0.29) is 32.5 Å². The van der Waals surface area contributed by atoms with Crippen molar-refractivity contribution in [3.63, 3.8) is 0 Å². The number of rotatable bonds is 6. The normalized spacial score (nSPS) is 22.1. The third-order valence-corrected chi connectivity index (χ3v) is 4.67. The average molecular weight is 296 g/mol. The minimum atomic E-state index is -3.76. The summed E-state index contributed by atoms with van der Waals surface area (Å²) in [6, 6.07) is 0. The number of carboxylic acids is 1. The number of hydrogen-bond donors (Lipinski definition) is 4. The lowest BCUT2D eigenvalue weighted by molar-refractivity contribution is -0.142. The van der Waals surface area contributed by atoms with Gasteiger partial charge in [0.1, 0.15) is 0 Å². The summed E-state index contributed by atoms with van der Waals surface area (Å²) in [5.41, 5.74) is -1.52. The molecule has 112 valence electrons. The van der Waals surface area contributed by atoms with Gasteiger partial charge in [-0.15, -0.1) is 0 Å². The molecule has 0 bridgehead atoms. The van der Waals surface area contributed by atoms with Crippen LogP contribution in [-0.4, -0.2) is 65.9 Å². The van der Waals surface area contributed by atoms with Crippen molar-refractivity contribution in [3.8, 4) is 0 Å². The van der Waals surface area contributed by atoms with Gasteiger partial charge >= 0.3 is 5.97 Å². The third kappa shape index (κ3) is 4.69. The Labute approximate surface area is 112 Å². The molecule has 1 fully saturated rings. The summed E-state index contributed by atoms with van der Waals surface area (Å²) >= 11 is 0. The Balaban J connectivity index is 2.54. The third-order valence-electron chi connectivity index (χ3n) is 3.12. The molecule has 1 aliphatic rings. The Kier molecular flexibility index (Phi) is 5.27. The van der Waals surface area contributed by atoms with Crippen LogP contribution in [0.2, 0.25) is 0 Å². The van der Waals surface area contributed by atoms with Crippen LogP contribution in [-0.2, 0) is 15.0 Å². The van der Waals surface area contributed by atoms with Gasteiger partial charge in [-0.1, -0.05) is 0 Å². The van der Waals surface area contributed by atoms with Crippen LogP contribution in [0, 0.1) is 5.92 Å². The summed E-state index contributed by atoms with van der Waals surface area (Å²) in [4.78, 5) is 10.8. The number of aliphatic hydroxyl groups is 2. The number of piperidine rings is 1. The van der Waals surface area contributed by atoms with Crippen molar-refractivity contribution in [2.75, 3.05) is 26.2 Å². The Morgan fingerprint density at radius 1 is 1.42 bits per heavy atom. The van der Waals surface area contributed by atoms with E-state index in [4.69, 9.17) is 10.2 Å². The fourth-order valence-electron chi connectivity index (χ4n) is 1.74. The van der Waals surface area contributed by atoms with E-state index >= 15 is 0 Å². The molecule has 8 nitrogen and oxygen atoms in total. The summed E-state index contributed by atoms with van der Waals surface area (Å²) < 4.78 is 27.2. The molecule has 1 heterocycles. The smallest absolute Gasteiger partial charge is 0.306 e. The lowest BCUT2D eigenvalue weighted by Gasteiger charge is -2.30. The van der Waals surface area contributed by atoms with Gasteiger partial charge in [-0.3, -0.25) is 4.79 Å². The van der Waals surface area contributed by atoms with Crippen molar-refractivity contribution in [3.05, 3.63) is 0 Å². The Morgan fingerprint density at radius 2 is 1.95 bits per heavy atom. The molecule has 1 rings (SSSR count). The largest absolute Gasteiger partial charge is 0.481 e. The van der Waals surface area contributed by atoms with E-state index in [1.165, 1.54) is 6.92 Å². The zero-order valence-electron chi connectivity index (χ0n) is 10.7. The number of aliphatic carboxylic acids is 1. The van der Waals surface area contributed by atoms with Gasteiger partial charge in [-0.2, -0.15) is 17.4 Å². The van der Waals surface area contributed by atoms with Crippen LogP contribution in [0.4, 0.5) is 0 Å². The first-order valence-electron chi connectivity index (χ1n) is 5.99. The molecule has 0 spiro atoms. The van der Waals surface area contributed by atoms with E-state index in [2.05, 4.69) is 4.72 Å². The van der Waals surface area contributed by atoms with Crippen molar-refractivity contribution in [1.82, 2.24) is 9.03 Å². The molecule has 0 aromatic carbocycles. The lowest BCUT2D eigenvalue weighted by Crippen LogP contribution is -2.50. The van der Waals surface area contributed by atoms with Crippen LogP contribution >= 0.6 is 0 Å². The van der Waals surface area contributed by atoms with E-state index in [1.54, 1.807) is 0 Å². The first kappa shape index (κ1) is 16.3. The fourth-order valence-corrected chi connectivity index (χ4v) is 3.10. The quantitative estimate of drug-likeness (QED) is 0.465. The molecule has 19 heavy (non-hydrogen) atoms. The average Bonchev–Trinajstić information content (AvgIpc) is 2.37. The highest BCUT2D eigenvalue weighted by molar-refractivity contribution is 7.87. The topological polar surface area (TPSA) is 127 Å². The minimum absolute atomic E-state index is 0.133. The number of aliphatic hydroxyl groups excluding tert-OH is 1. The summed E-state index contributed by atoms with van der Waals surface area (Å²) in [5, 5.41) is 27.2. The molecule has 0 saturated carbocycles. The summed E-state index contributed by atoms with van der Waals surface area (Å²) in [5.74, 6) is -1.42. The van der Waals surface area contributed by atoms with Crippen LogP contribution in [0.1, 0.15) is 19.8 Å². The van der Waals surface area contributed by atoms with Crippen LogP contribution in [0.25, 0.3) is 0 Å². The van der Waals surface area contributed by atoms with Crippen LogP contribution in [0.15, 0.2) is 0 Å². The summed E-state index contributed by atoms with van der Waals surface area (Å²) in [6.45, 7) is 0.717. The monoisotopic (exact) mass is 296 g/mol. The maximum atomic E-state index is 11.9. The lowest BCUT2D eigenvalue weighted by atomic mass is 9.99. The standard InChI is InChI=1S/C10H20N2O6S/c1-10(16,7-13)6-11-19(17,18)12-4-2-8(3-5-12)9(14)15/h8,11,13,16H,2-7H2,1H3,(H,14,15). The Morgan fingerprint density at radius 3 is 2.37 bits per heavy atom. The number of hydrogen-bond acceptors (Lipinski definition) is 5. The van der Waals surface area contributed by atoms with E-state index < -0.39 is 34.3 Å². The molecule has 0 radical (unpaired) electrons. The van der Waals surface area contributed by atoms with Gasteiger partial charge in [0.25, 0.3) is 10.2 Å². The predicted octanol–water partition coefficient (Wildman–Crippen LogP) is -1.64. The van der Waals surface area contributed by atoms with Gasteiger partial charge in [-0.25, -0.2) is 0 Å². The van der Waals surface area contributed by atoms with E-state index in [0.29, 0.717) is 0 Å². The van der Waals surface area contributed by atoms with E-state index in [1.807, 2.05) is 0 Å². The zero-order chi connectivity index (χ0) is 14.7. The SMILES string of the molecule is CC(O)(CO)CNS(=O)(=O)N1CCC(C(=O)O)CC1.